The van der Waals surface area contributed by atoms with Crippen LogP contribution in [0.15, 0.2) is 0 Å². The van der Waals surface area contributed by atoms with Crippen LogP contribution in [0.25, 0.3) is 0 Å². The molecule has 0 aromatic rings. The fourth-order valence-electron chi connectivity index (χ4n) is 0.831. The van der Waals surface area contributed by atoms with Crippen LogP contribution in [0.5, 0.6) is 0 Å². The van der Waals surface area contributed by atoms with Gasteiger partial charge in [-0.05, 0) is 33.7 Å². The van der Waals surface area contributed by atoms with E-state index in [-0.39, 0.29) is 0 Å². The minimum Gasteiger partial charge on any atom is -0.328 e. The zero-order valence-electron chi connectivity index (χ0n) is 8.46. The van der Waals surface area contributed by atoms with E-state index in [1.165, 1.54) is 0 Å². The first-order chi connectivity index (χ1) is 4.95. The highest BCUT2D eigenvalue weighted by Gasteiger charge is 2.11. The second-order valence-corrected chi connectivity index (χ2v) is 3.87. The van der Waals surface area contributed by atoms with E-state index < -0.39 is 0 Å². The van der Waals surface area contributed by atoms with Gasteiger partial charge >= 0.3 is 0 Å². The van der Waals surface area contributed by atoms with E-state index >= 15 is 0 Å². The Morgan fingerprint density at radius 3 is 1.91 bits per heavy atom. The molecule has 0 amide bonds. The second-order valence-electron chi connectivity index (χ2n) is 3.87. The van der Waals surface area contributed by atoms with Crippen molar-refractivity contribution in [2.75, 3.05) is 13.6 Å². The van der Waals surface area contributed by atoms with Crippen molar-refractivity contribution in [3.8, 4) is 0 Å². The average Bonchev–Trinajstić information content (AvgIpc) is 1.87. The predicted molar refractivity (Wildman–Crippen MR) is 50.6 cm³/mol. The van der Waals surface area contributed by atoms with Gasteiger partial charge in [0.1, 0.15) is 0 Å². The third kappa shape index (κ3) is 4.38. The molecule has 2 nitrogen and oxygen atoms in total. The molecule has 68 valence electrons. The first kappa shape index (κ1) is 10.9. The maximum Gasteiger partial charge on any atom is 0.00483 e. The Hall–Kier alpha value is -0.0800. The molecule has 0 rings (SSSR count). The van der Waals surface area contributed by atoms with E-state index in [4.69, 9.17) is 5.73 Å². The second kappa shape index (κ2) is 4.73. The Labute approximate surface area is 70.8 Å². The van der Waals surface area contributed by atoms with Crippen molar-refractivity contribution in [1.82, 2.24) is 4.90 Å². The summed E-state index contributed by atoms with van der Waals surface area (Å²) in [6.07, 6.45) is 0. The summed E-state index contributed by atoms with van der Waals surface area (Å²) >= 11 is 0. The standard InChI is InChI=1S/C9H22N2/c1-7(2)11(5)6-8(3)9(4)10/h7-9H,6,10H2,1-5H3/t8-,9?/m0/s1. The fourth-order valence-corrected chi connectivity index (χ4v) is 0.831. The molecule has 0 fully saturated rings. The van der Waals surface area contributed by atoms with Gasteiger partial charge in [0.2, 0.25) is 0 Å². The summed E-state index contributed by atoms with van der Waals surface area (Å²) < 4.78 is 0. The molecule has 0 bridgehead atoms. The number of hydrogen-bond donors (Lipinski definition) is 1. The molecule has 0 aliphatic carbocycles. The van der Waals surface area contributed by atoms with Crippen LogP contribution >= 0.6 is 0 Å². The SMILES string of the molecule is CC(N)[C@@H](C)CN(C)C(C)C. The van der Waals surface area contributed by atoms with Gasteiger partial charge in [0, 0.05) is 18.6 Å². The summed E-state index contributed by atoms with van der Waals surface area (Å²) in [7, 11) is 2.14. The monoisotopic (exact) mass is 158 g/mol. The van der Waals surface area contributed by atoms with Crippen LogP contribution in [0.2, 0.25) is 0 Å². The highest BCUT2D eigenvalue weighted by molar-refractivity contribution is 4.68. The van der Waals surface area contributed by atoms with Crippen molar-refractivity contribution in [2.24, 2.45) is 11.7 Å². The molecular formula is C9H22N2. The molecule has 0 heterocycles. The van der Waals surface area contributed by atoms with E-state index in [1.54, 1.807) is 0 Å². The Bertz CT molecular complexity index is 87.7. The van der Waals surface area contributed by atoms with Gasteiger partial charge in [-0.15, -0.1) is 0 Å². The topological polar surface area (TPSA) is 29.3 Å². The van der Waals surface area contributed by atoms with Gasteiger partial charge in [-0.2, -0.15) is 0 Å². The summed E-state index contributed by atoms with van der Waals surface area (Å²) in [6, 6.07) is 0.924. The predicted octanol–water partition coefficient (Wildman–Crippen LogP) is 1.31. The maximum atomic E-state index is 5.76. The third-order valence-corrected chi connectivity index (χ3v) is 2.36. The largest absolute Gasteiger partial charge is 0.328 e. The Balaban J connectivity index is 3.66. The highest BCUT2D eigenvalue weighted by Crippen LogP contribution is 2.04. The number of hydrogen-bond acceptors (Lipinski definition) is 2. The lowest BCUT2D eigenvalue weighted by Gasteiger charge is -2.26. The zero-order valence-corrected chi connectivity index (χ0v) is 8.46. The van der Waals surface area contributed by atoms with E-state index in [9.17, 15) is 0 Å². The van der Waals surface area contributed by atoms with E-state index in [1.807, 2.05) is 0 Å². The Morgan fingerprint density at radius 2 is 1.64 bits per heavy atom. The van der Waals surface area contributed by atoms with Crippen molar-refractivity contribution >= 4 is 0 Å². The van der Waals surface area contributed by atoms with Gasteiger partial charge in [-0.25, -0.2) is 0 Å². The Kier molecular flexibility index (Phi) is 4.69. The minimum atomic E-state index is 0.302. The van der Waals surface area contributed by atoms with Gasteiger partial charge in [-0.3, -0.25) is 0 Å². The van der Waals surface area contributed by atoms with Crippen molar-refractivity contribution in [2.45, 2.75) is 39.8 Å². The summed E-state index contributed by atoms with van der Waals surface area (Å²) in [5, 5.41) is 0. The lowest BCUT2D eigenvalue weighted by atomic mass is 10.0. The van der Waals surface area contributed by atoms with Gasteiger partial charge in [0.15, 0.2) is 0 Å². The van der Waals surface area contributed by atoms with Crippen LogP contribution in [-0.4, -0.2) is 30.6 Å². The Morgan fingerprint density at radius 1 is 1.18 bits per heavy atom. The van der Waals surface area contributed by atoms with Gasteiger partial charge in [-0.1, -0.05) is 6.92 Å². The smallest absolute Gasteiger partial charge is 0.00483 e. The van der Waals surface area contributed by atoms with Crippen LogP contribution in [0.1, 0.15) is 27.7 Å². The van der Waals surface area contributed by atoms with Gasteiger partial charge in [0.25, 0.3) is 0 Å². The summed E-state index contributed by atoms with van der Waals surface area (Å²) in [4.78, 5) is 2.33. The molecule has 2 N–H and O–H groups in total. The lowest BCUT2D eigenvalue weighted by molar-refractivity contribution is 0.225. The molecule has 0 aliphatic rings. The van der Waals surface area contributed by atoms with Gasteiger partial charge in [0.05, 0.1) is 0 Å². The first-order valence-corrected chi connectivity index (χ1v) is 4.41. The normalized spacial score (nSPS) is 17.5. The molecule has 1 unspecified atom stereocenters. The molecule has 2 heteroatoms. The number of rotatable bonds is 4. The van der Waals surface area contributed by atoms with Crippen LogP contribution in [0.3, 0.4) is 0 Å². The molecule has 11 heavy (non-hydrogen) atoms. The molecule has 2 atom stereocenters. The quantitative estimate of drug-likeness (QED) is 0.668. The summed E-state index contributed by atoms with van der Waals surface area (Å²) in [5.74, 6) is 0.586. The van der Waals surface area contributed by atoms with Crippen molar-refractivity contribution < 1.29 is 0 Å². The van der Waals surface area contributed by atoms with Gasteiger partial charge < -0.3 is 10.6 Å². The minimum absolute atomic E-state index is 0.302. The van der Waals surface area contributed by atoms with E-state index in [0.29, 0.717) is 18.0 Å². The van der Waals surface area contributed by atoms with Crippen molar-refractivity contribution in [3.05, 3.63) is 0 Å². The maximum absolute atomic E-state index is 5.76. The highest BCUT2D eigenvalue weighted by atomic mass is 15.1. The zero-order chi connectivity index (χ0) is 9.02. The fraction of sp³-hybridized carbons (Fsp3) is 1.00. The van der Waals surface area contributed by atoms with Crippen LogP contribution in [0, 0.1) is 5.92 Å². The molecule has 0 aromatic heterocycles. The van der Waals surface area contributed by atoms with Crippen molar-refractivity contribution in [1.29, 1.82) is 0 Å². The first-order valence-electron chi connectivity index (χ1n) is 4.41. The molecule has 0 saturated carbocycles. The molecule has 0 saturated heterocycles. The van der Waals surface area contributed by atoms with E-state index in [2.05, 4.69) is 39.6 Å². The van der Waals surface area contributed by atoms with Crippen LogP contribution < -0.4 is 5.73 Å². The average molecular weight is 158 g/mol. The van der Waals surface area contributed by atoms with Crippen LogP contribution in [0.4, 0.5) is 0 Å². The summed E-state index contributed by atoms with van der Waals surface area (Å²) in [5.41, 5.74) is 5.76. The number of nitrogens with two attached hydrogens (primary N) is 1. The molecule has 0 spiro atoms. The lowest BCUT2D eigenvalue weighted by Crippen LogP contribution is -2.37. The van der Waals surface area contributed by atoms with Crippen LogP contribution in [-0.2, 0) is 0 Å². The van der Waals surface area contributed by atoms with E-state index in [0.717, 1.165) is 6.54 Å². The molecular weight excluding hydrogens is 136 g/mol. The molecule has 0 aromatic carbocycles. The summed E-state index contributed by atoms with van der Waals surface area (Å²) in [6.45, 7) is 9.76. The number of nitrogens with zero attached hydrogens (tertiary/aromatic N) is 1. The molecule has 0 aliphatic heterocycles. The molecule has 0 radical (unpaired) electrons. The third-order valence-electron chi connectivity index (χ3n) is 2.36. The van der Waals surface area contributed by atoms with Crippen molar-refractivity contribution in [3.63, 3.8) is 0 Å².